The number of carbonyl (C=O) groups excluding carboxylic acids is 1. The van der Waals surface area contributed by atoms with Crippen molar-refractivity contribution in [1.29, 1.82) is 0 Å². The molecule has 0 aliphatic carbocycles. The lowest BCUT2D eigenvalue weighted by atomic mass is 10.2. The molecule has 1 N–H and O–H groups in total. The number of aromatic nitrogens is 2. The molecule has 100 valence electrons. The van der Waals surface area contributed by atoms with E-state index in [0.29, 0.717) is 6.07 Å². The van der Waals surface area contributed by atoms with Crippen molar-refractivity contribution in [3.8, 4) is 0 Å². The van der Waals surface area contributed by atoms with Crippen LogP contribution in [-0.2, 0) is 11.2 Å². The Balaban J connectivity index is 2.09. The van der Waals surface area contributed by atoms with E-state index >= 15 is 0 Å². The number of benzene rings is 1. The van der Waals surface area contributed by atoms with Crippen LogP contribution in [0.15, 0.2) is 16.7 Å². The van der Waals surface area contributed by atoms with Gasteiger partial charge in [0.2, 0.25) is 11.8 Å². The van der Waals surface area contributed by atoms with Crippen molar-refractivity contribution in [3.05, 3.63) is 41.3 Å². The molecule has 2 rings (SSSR count). The van der Waals surface area contributed by atoms with Gasteiger partial charge in [-0.1, -0.05) is 5.16 Å². The number of carbonyl (C=O) groups is 1. The molecule has 0 bridgehead atoms. The van der Waals surface area contributed by atoms with Crippen molar-refractivity contribution in [3.63, 3.8) is 0 Å². The first-order chi connectivity index (χ1) is 8.97. The van der Waals surface area contributed by atoms with Gasteiger partial charge in [0.25, 0.3) is 0 Å². The maximum atomic E-state index is 13.3. The minimum atomic E-state index is -1.65. The molecule has 0 saturated carbocycles. The Bertz CT molecular complexity index is 628. The van der Waals surface area contributed by atoms with Gasteiger partial charge in [-0.15, -0.1) is 0 Å². The molecule has 1 amide bonds. The smallest absolute Gasteiger partial charge is 0.232 e. The van der Waals surface area contributed by atoms with Gasteiger partial charge in [0.05, 0.1) is 12.1 Å². The van der Waals surface area contributed by atoms with Crippen molar-refractivity contribution >= 4 is 11.6 Å². The van der Waals surface area contributed by atoms with Crippen molar-refractivity contribution < 1.29 is 22.5 Å². The van der Waals surface area contributed by atoms with Gasteiger partial charge < -0.3 is 9.84 Å². The number of nitrogens with zero attached hydrogens (tertiary/aromatic N) is 2. The lowest BCUT2D eigenvalue weighted by Crippen LogP contribution is -2.16. The number of nitrogens with one attached hydrogen (secondary N) is 1. The molecule has 2 aromatic rings. The van der Waals surface area contributed by atoms with E-state index < -0.39 is 29.0 Å². The fraction of sp³-hybridized carbons (Fsp3) is 0.182. The average Bonchev–Trinajstić information content (AvgIpc) is 2.75. The molecule has 1 heterocycles. The van der Waals surface area contributed by atoms with Crippen LogP contribution in [0.25, 0.3) is 0 Å². The normalized spacial score (nSPS) is 10.5. The maximum Gasteiger partial charge on any atom is 0.232 e. The zero-order chi connectivity index (χ0) is 14.0. The Morgan fingerprint density at radius 3 is 2.68 bits per heavy atom. The summed E-state index contributed by atoms with van der Waals surface area (Å²) in [4.78, 5) is 15.3. The lowest BCUT2D eigenvalue weighted by molar-refractivity contribution is -0.115. The molecule has 1 aromatic carbocycles. The molecule has 0 aliphatic rings. The average molecular weight is 271 g/mol. The maximum absolute atomic E-state index is 13.3. The van der Waals surface area contributed by atoms with Crippen molar-refractivity contribution in [1.82, 2.24) is 10.1 Å². The minimum Gasteiger partial charge on any atom is -0.340 e. The second-order valence-electron chi connectivity index (χ2n) is 3.68. The highest BCUT2D eigenvalue weighted by Gasteiger charge is 2.16. The van der Waals surface area contributed by atoms with Crippen LogP contribution in [0.3, 0.4) is 0 Å². The number of rotatable bonds is 3. The fourth-order valence-corrected chi connectivity index (χ4v) is 1.37. The van der Waals surface area contributed by atoms with Gasteiger partial charge in [-0.25, -0.2) is 13.2 Å². The summed E-state index contributed by atoms with van der Waals surface area (Å²) < 4.78 is 43.6. The van der Waals surface area contributed by atoms with E-state index in [2.05, 4.69) is 20.0 Å². The highest BCUT2D eigenvalue weighted by atomic mass is 19.2. The van der Waals surface area contributed by atoms with E-state index in [4.69, 9.17) is 0 Å². The van der Waals surface area contributed by atoms with Crippen LogP contribution in [0.4, 0.5) is 18.9 Å². The van der Waals surface area contributed by atoms with E-state index in [9.17, 15) is 18.0 Å². The van der Waals surface area contributed by atoms with Crippen LogP contribution in [0.1, 0.15) is 11.7 Å². The summed E-state index contributed by atoms with van der Waals surface area (Å²) in [5.74, 6) is -4.72. The Hall–Kier alpha value is -2.38. The molecular formula is C11H8F3N3O2. The summed E-state index contributed by atoms with van der Waals surface area (Å²) in [6.07, 6.45) is -0.268. The summed E-state index contributed by atoms with van der Waals surface area (Å²) in [6.45, 7) is 1.55. The molecule has 0 radical (unpaired) electrons. The summed E-state index contributed by atoms with van der Waals surface area (Å²) in [6, 6.07) is 1.64. The van der Waals surface area contributed by atoms with Crippen LogP contribution in [0, 0.1) is 24.4 Å². The summed E-state index contributed by atoms with van der Waals surface area (Å²) in [5.41, 5.74) is -0.455. The standard InChI is InChI=1S/C11H8F3N3O2/c1-5-15-8(17-19-5)4-9(18)16-7-3-2-6(12)10(13)11(7)14/h2-3H,4H2,1H3,(H,16,18). The number of halogens is 3. The third-order valence-corrected chi connectivity index (χ3v) is 2.20. The predicted octanol–water partition coefficient (Wildman–Crippen LogP) is 1.98. The van der Waals surface area contributed by atoms with Crippen molar-refractivity contribution in [2.45, 2.75) is 13.3 Å². The third kappa shape index (κ3) is 2.90. The van der Waals surface area contributed by atoms with Crippen LogP contribution in [-0.4, -0.2) is 16.0 Å². The molecule has 19 heavy (non-hydrogen) atoms. The van der Waals surface area contributed by atoms with Crippen molar-refractivity contribution in [2.24, 2.45) is 0 Å². The SMILES string of the molecule is Cc1nc(CC(=O)Nc2ccc(F)c(F)c2F)no1. The second-order valence-corrected chi connectivity index (χ2v) is 3.68. The Morgan fingerprint density at radius 2 is 2.05 bits per heavy atom. The number of aryl methyl sites for hydroxylation is 1. The molecule has 0 unspecified atom stereocenters. The largest absolute Gasteiger partial charge is 0.340 e. The van der Waals surface area contributed by atoms with Gasteiger partial charge in [0.15, 0.2) is 23.3 Å². The highest BCUT2D eigenvalue weighted by Crippen LogP contribution is 2.19. The molecule has 5 nitrogen and oxygen atoms in total. The van der Waals surface area contributed by atoms with Crippen LogP contribution < -0.4 is 5.32 Å². The van der Waals surface area contributed by atoms with Crippen LogP contribution in [0.5, 0.6) is 0 Å². The number of anilines is 1. The van der Waals surface area contributed by atoms with E-state index in [1.54, 1.807) is 6.92 Å². The van der Waals surface area contributed by atoms with Crippen LogP contribution in [0.2, 0.25) is 0 Å². The van der Waals surface area contributed by atoms with Gasteiger partial charge in [-0.2, -0.15) is 4.98 Å². The first-order valence-corrected chi connectivity index (χ1v) is 5.20. The first-order valence-electron chi connectivity index (χ1n) is 5.20. The Morgan fingerprint density at radius 1 is 1.32 bits per heavy atom. The van der Waals surface area contributed by atoms with Gasteiger partial charge in [-0.05, 0) is 12.1 Å². The van der Waals surface area contributed by atoms with Gasteiger partial charge in [0.1, 0.15) is 0 Å². The fourth-order valence-electron chi connectivity index (χ4n) is 1.37. The van der Waals surface area contributed by atoms with Gasteiger partial charge >= 0.3 is 0 Å². The topological polar surface area (TPSA) is 68.0 Å². The molecule has 0 saturated heterocycles. The third-order valence-electron chi connectivity index (χ3n) is 2.20. The van der Waals surface area contributed by atoms with E-state index in [-0.39, 0.29) is 18.1 Å². The van der Waals surface area contributed by atoms with Gasteiger partial charge in [-0.3, -0.25) is 4.79 Å². The number of amides is 1. The Labute approximate surface area is 105 Å². The zero-order valence-electron chi connectivity index (χ0n) is 9.71. The van der Waals surface area contributed by atoms with Gasteiger partial charge in [0, 0.05) is 6.92 Å². The van der Waals surface area contributed by atoms with E-state index in [1.165, 1.54) is 0 Å². The highest BCUT2D eigenvalue weighted by molar-refractivity contribution is 5.91. The molecule has 0 atom stereocenters. The van der Waals surface area contributed by atoms with E-state index in [1.807, 2.05) is 0 Å². The molecule has 8 heteroatoms. The van der Waals surface area contributed by atoms with Crippen molar-refractivity contribution in [2.75, 3.05) is 5.32 Å². The summed E-state index contributed by atoms with van der Waals surface area (Å²) in [7, 11) is 0. The number of hydrogen-bond acceptors (Lipinski definition) is 4. The summed E-state index contributed by atoms with van der Waals surface area (Å²) >= 11 is 0. The molecular weight excluding hydrogens is 263 g/mol. The monoisotopic (exact) mass is 271 g/mol. The minimum absolute atomic E-state index is 0.109. The quantitative estimate of drug-likeness (QED) is 0.867. The molecule has 0 spiro atoms. The summed E-state index contributed by atoms with van der Waals surface area (Å²) in [5, 5.41) is 5.57. The molecule has 0 aliphatic heterocycles. The Kier molecular flexibility index (Phi) is 3.50. The lowest BCUT2D eigenvalue weighted by Gasteiger charge is -2.05. The second kappa shape index (κ2) is 5.09. The first kappa shape index (κ1) is 13.1. The van der Waals surface area contributed by atoms with Crippen LogP contribution >= 0.6 is 0 Å². The predicted molar refractivity (Wildman–Crippen MR) is 57.7 cm³/mol. The van der Waals surface area contributed by atoms with E-state index in [0.717, 1.165) is 6.07 Å². The molecule has 0 fully saturated rings. The zero-order valence-corrected chi connectivity index (χ0v) is 9.71. The number of hydrogen-bond donors (Lipinski definition) is 1. The molecule has 1 aromatic heterocycles.